The van der Waals surface area contributed by atoms with E-state index in [-0.39, 0.29) is 5.78 Å². The Bertz CT molecular complexity index is 656. The van der Waals surface area contributed by atoms with Crippen LogP contribution in [-0.4, -0.2) is 12.9 Å². The molecule has 2 nitrogen and oxygen atoms in total. The summed E-state index contributed by atoms with van der Waals surface area (Å²) in [5.41, 5.74) is 5.45. The van der Waals surface area contributed by atoms with Gasteiger partial charge in [0.2, 0.25) is 0 Å². The number of Topliss-reactive ketones (excluding diaryl/α,β-unsaturated/α-hetero) is 1. The molecule has 3 rings (SSSR count). The first-order valence-corrected chi connectivity index (χ1v) is 6.50. The van der Waals surface area contributed by atoms with Crippen LogP contribution in [-0.2, 0) is 6.42 Å². The Kier molecular flexibility index (Phi) is 2.86. The summed E-state index contributed by atoms with van der Waals surface area (Å²) in [7, 11) is 1.69. The van der Waals surface area contributed by atoms with Gasteiger partial charge in [-0.05, 0) is 36.6 Å². The van der Waals surface area contributed by atoms with E-state index >= 15 is 0 Å². The maximum Gasteiger partial charge on any atom is 0.163 e. The van der Waals surface area contributed by atoms with Gasteiger partial charge < -0.3 is 4.74 Å². The standard InChI is InChI=1S/C17H16O2/c1-11-3-8-17(19-2)15(9-11)13-4-6-14-12(10-13)5-7-16(14)18/h3-4,6,8-10H,5,7H2,1-2H3. The molecule has 0 fully saturated rings. The third-order valence-electron chi connectivity index (χ3n) is 3.69. The van der Waals surface area contributed by atoms with Gasteiger partial charge in [-0.3, -0.25) is 4.79 Å². The van der Waals surface area contributed by atoms with Crippen molar-refractivity contribution in [3.8, 4) is 16.9 Å². The second-order valence-electron chi connectivity index (χ2n) is 5.00. The van der Waals surface area contributed by atoms with E-state index in [4.69, 9.17) is 4.74 Å². The average Bonchev–Trinajstić information content (AvgIpc) is 2.80. The van der Waals surface area contributed by atoms with Crippen molar-refractivity contribution in [2.45, 2.75) is 19.8 Å². The van der Waals surface area contributed by atoms with Gasteiger partial charge in [-0.2, -0.15) is 0 Å². The van der Waals surface area contributed by atoms with Crippen molar-refractivity contribution in [1.29, 1.82) is 0 Å². The summed E-state index contributed by atoms with van der Waals surface area (Å²) < 4.78 is 5.43. The van der Waals surface area contributed by atoms with Crippen molar-refractivity contribution < 1.29 is 9.53 Å². The summed E-state index contributed by atoms with van der Waals surface area (Å²) in [5, 5.41) is 0. The van der Waals surface area contributed by atoms with Crippen LogP contribution >= 0.6 is 0 Å². The molecule has 0 saturated carbocycles. The van der Waals surface area contributed by atoms with Gasteiger partial charge in [-0.25, -0.2) is 0 Å². The molecule has 1 aliphatic carbocycles. The number of fused-ring (bicyclic) bond motifs is 1. The number of hydrogen-bond acceptors (Lipinski definition) is 2. The second-order valence-corrected chi connectivity index (χ2v) is 5.00. The van der Waals surface area contributed by atoms with Crippen molar-refractivity contribution in [3.63, 3.8) is 0 Å². The van der Waals surface area contributed by atoms with E-state index in [1.54, 1.807) is 7.11 Å². The maximum atomic E-state index is 11.7. The number of ketones is 1. The predicted molar refractivity (Wildman–Crippen MR) is 75.8 cm³/mol. The fraction of sp³-hybridized carbons (Fsp3) is 0.235. The van der Waals surface area contributed by atoms with Crippen molar-refractivity contribution in [1.82, 2.24) is 0 Å². The molecule has 0 spiro atoms. The zero-order chi connectivity index (χ0) is 13.4. The predicted octanol–water partition coefficient (Wildman–Crippen LogP) is 3.80. The van der Waals surface area contributed by atoms with Crippen LogP contribution in [0, 0.1) is 6.92 Å². The van der Waals surface area contributed by atoms with Crippen molar-refractivity contribution in [2.75, 3.05) is 7.11 Å². The molecule has 0 saturated heterocycles. The van der Waals surface area contributed by atoms with E-state index in [1.807, 2.05) is 24.3 Å². The molecule has 0 atom stereocenters. The van der Waals surface area contributed by atoms with Crippen molar-refractivity contribution >= 4 is 5.78 Å². The summed E-state index contributed by atoms with van der Waals surface area (Å²) >= 11 is 0. The molecule has 2 aromatic rings. The number of carbonyl (C=O) groups is 1. The quantitative estimate of drug-likeness (QED) is 0.812. The molecule has 0 aromatic heterocycles. The minimum atomic E-state index is 0.262. The number of carbonyl (C=O) groups excluding carboxylic acids is 1. The van der Waals surface area contributed by atoms with Crippen molar-refractivity contribution in [2.24, 2.45) is 0 Å². The van der Waals surface area contributed by atoms with Crippen LogP contribution in [0.2, 0.25) is 0 Å². The summed E-state index contributed by atoms with van der Waals surface area (Å²) in [5.74, 6) is 1.13. The van der Waals surface area contributed by atoms with Crippen molar-refractivity contribution in [3.05, 3.63) is 53.1 Å². The van der Waals surface area contributed by atoms with Crippen LogP contribution < -0.4 is 4.74 Å². The smallest absolute Gasteiger partial charge is 0.163 e. The highest BCUT2D eigenvalue weighted by Crippen LogP contribution is 2.34. The Hall–Kier alpha value is -2.09. The van der Waals surface area contributed by atoms with E-state index in [0.717, 1.165) is 34.4 Å². The van der Waals surface area contributed by atoms with Gasteiger partial charge >= 0.3 is 0 Å². The van der Waals surface area contributed by atoms with E-state index in [0.29, 0.717) is 6.42 Å². The van der Waals surface area contributed by atoms with E-state index in [1.165, 1.54) is 5.56 Å². The Labute approximate surface area is 113 Å². The number of benzene rings is 2. The van der Waals surface area contributed by atoms with Gasteiger partial charge in [0.1, 0.15) is 5.75 Å². The van der Waals surface area contributed by atoms with Crippen LogP contribution in [0.25, 0.3) is 11.1 Å². The first kappa shape index (κ1) is 12.0. The number of ether oxygens (including phenoxy) is 1. The summed E-state index contributed by atoms with van der Waals surface area (Å²) in [6.45, 7) is 2.07. The fourth-order valence-corrected chi connectivity index (χ4v) is 2.67. The SMILES string of the molecule is COc1ccc(C)cc1-c1ccc2c(c1)CCC2=O. The van der Waals surface area contributed by atoms with E-state index in [9.17, 15) is 4.79 Å². The lowest BCUT2D eigenvalue weighted by Gasteiger charge is -2.11. The summed E-state index contributed by atoms with van der Waals surface area (Å²) in [4.78, 5) is 11.7. The Balaban J connectivity index is 2.13. The summed E-state index contributed by atoms with van der Waals surface area (Å²) in [6.07, 6.45) is 1.50. The average molecular weight is 252 g/mol. The molecule has 0 unspecified atom stereocenters. The highest BCUT2D eigenvalue weighted by atomic mass is 16.5. The molecule has 96 valence electrons. The monoisotopic (exact) mass is 252 g/mol. The lowest BCUT2D eigenvalue weighted by Crippen LogP contribution is -1.93. The molecule has 0 bridgehead atoms. The van der Waals surface area contributed by atoms with Crippen LogP contribution in [0.15, 0.2) is 36.4 Å². The zero-order valence-corrected chi connectivity index (χ0v) is 11.2. The topological polar surface area (TPSA) is 26.3 Å². The minimum absolute atomic E-state index is 0.262. The van der Waals surface area contributed by atoms with Crippen LogP contribution in [0.4, 0.5) is 0 Å². The second kappa shape index (κ2) is 4.54. The lowest BCUT2D eigenvalue weighted by molar-refractivity contribution is 0.0994. The first-order chi connectivity index (χ1) is 9.19. The number of aryl methyl sites for hydroxylation is 2. The third-order valence-corrected chi connectivity index (χ3v) is 3.69. The molecule has 1 aliphatic rings. The zero-order valence-electron chi connectivity index (χ0n) is 11.2. The number of rotatable bonds is 2. The highest BCUT2D eigenvalue weighted by Gasteiger charge is 2.20. The Morgan fingerprint density at radius 3 is 2.63 bits per heavy atom. The molecule has 0 heterocycles. The molecule has 0 radical (unpaired) electrons. The summed E-state index contributed by atoms with van der Waals surface area (Å²) in [6, 6.07) is 12.2. The van der Waals surface area contributed by atoms with Gasteiger partial charge in [-0.1, -0.05) is 29.8 Å². The third kappa shape index (κ3) is 2.03. The largest absolute Gasteiger partial charge is 0.496 e. The molecular formula is C17H16O2. The van der Waals surface area contributed by atoms with Gasteiger partial charge in [0.05, 0.1) is 7.11 Å². The molecular weight excluding hydrogens is 236 g/mol. The van der Waals surface area contributed by atoms with Crippen LogP contribution in [0.5, 0.6) is 5.75 Å². The molecule has 2 heteroatoms. The maximum absolute atomic E-state index is 11.7. The highest BCUT2D eigenvalue weighted by molar-refractivity contribution is 6.01. The molecule has 19 heavy (non-hydrogen) atoms. The Morgan fingerprint density at radius 2 is 1.84 bits per heavy atom. The molecule has 0 amide bonds. The van der Waals surface area contributed by atoms with Crippen LogP contribution in [0.3, 0.4) is 0 Å². The number of methoxy groups -OCH3 is 1. The molecule has 0 aliphatic heterocycles. The van der Waals surface area contributed by atoms with Gasteiger partial charge in [-0.15, -0.1) is 0 Å². The molecule has 0 N–H and O–H groups in total. The van der Waals surface area contributed by atoms with Gasteiger partial charge in [0.15, 0.2) is 5.78 Å². The van der Waals surface area contributed by atoms with Gasteiger partial charge in [0, 0.05) is 17.5 Å². The minimum Gasteiger partial charge on any atom is -0.496 e. The first-order valence-electron chi connectivity index (χ1n) is 6.50. The van der Waals surface area contributed by atoms with E-state index < -0.39 is 0 Å². The Morgan fingerprint density at radius 1 is 1.00 bits per heavy atom. The normalized spacial score (nSPS) is 13.5. The number of hydrogen-bond donors (Lipinski definition) is 0. The lowest BCUT2D eigenvalue weighted by atomic mass is 9.98. The fourth-order valence-electron chi connectivity index (χ4n) is 2.67. The molecule has 2 aromatic carbocycles. The van der Waals surface area contributed by atoms with Crippen LogP contribution in [0.1, 0.15) is 27.9 Å². The van der Waals surface area contributed by atoms with Gasteiger partial charge in [0.25, 0.3) is 0 Å². The van der Waals surface area contributed by atoms with E-state index in [2.05, 4.69) is 19.1 Å².